The Morgan fingerprint density at radius 2 is 2.31 bits per heavy atom. The van der Waals surface area contributed by atoms with Crippen LogP contribution in [0.15, 0.2) is 0 Å². The molecule has 78 valence electrons. The molecular formula is C10H22N2O. The van der Waals surface area contributed by atoms with Gasteiger partial charge in [-0.1, -0.05) is 6.92 Å². The summed E-state index contributed by atoms with van der Waals surface area (Å²) in [4.78, 5) is 2.40. The molecular weight excluding hydrogens is 164 g/mol. The van der Waals surface area contributed by atoms with Gasteiger partial charge in [0.2, 0.25) is 0 Å². The fourth-order valence-electron chi connectivity index (χ4n) is 1.77. The van der Waals surface area contributed by atoms with Crippen molar-refractivity contribution in [3.63, 3.8) is 0 Å². The Balaban J connectivity index is 2.29. The first kappa shape index (κ1) is 11.0. The van der Waals surface area contributed by atoms with Crippen molar-refractivity contribution in [2.45, 2.75) is 32.4 Å². The summed E-state index contributed by atoms with van der Waals surface area (Å²) in [7, 11) is 1.76. The van der Waals surface area contributed by atoms with Crippen LogP contribution in [-0.2, 0) is 4.74 Å². The lowest BCUT2D eigenvalue weighted by molar-refractivity contribution is 0.0591. The van der Waals surface area contributed by atoms with Gasteiger partial charge >= 0.3 is 0 Å². The highest BCUT2D eigenvalue weighted by molar-refractivity contribution is 4.81. The lowest BCUT2D eigenvalue weighted by atomic mass is 9.94. The Bertz CT molecular complexity index is 150. The number of piperidine rings is 1. The van der Waals surface area contributed by atoms with Crippen LogP contribution >= 0.6 is 0 Å². The van der Waals surface area contributed by atoms with Crippen molar-refractivity contribution in [2.24, 2.45) is 11.7 Å². The van der Waals surface area contributed by atoms with Crippen LogP contribution in [0.5, 0.6) is 0 Å². The third-order valence-electron chi connectivity index (χ3n) is 3.02. The van der Waals surface area contributed by atoms with Gasteiger partial charge in [0.25, 0.3) is 0 Å². The average molecular weight is 186 g/mol. The van der Waals surface area contributed by atoms with Gasteiger partial charge in [0.1, 0.15) is 0 Å². The van der Waals surface area contributed by atoms with E-state index in [0.29, 0.717) is 18.1 Å². The van der Waals surface area contributed by atoms with Crippen LogP contribution in [-0.4, -0.2) is 43.8 Å². The van der Waals surface area contributed by atoms with Crippen LogP contribution in [0, 0.1) is 5.92 Å². The largest absolute Gasteiger partial charge is 0.380 e. The summed E-state index contributed by atoms with van der Waals surface area (Å²) >= 11 is 0. The normalized spacial score (nSPS) is 33.2. The summed E-state index contributed by atoms with van der Waals surface area (Å²) in [5.74, 6) is 0.675. The van der Waals surface area contributed by atoms with Gasteiger partial charge in [-0.25, -0.2) is 0 Å². The summed E-state index contributed by atoms with van der Waals surface area (Å²) in [5.41, 5.74) is 6.00. The molecule has 3 atom stereocenters. The second-order valence-corrected chi connectivity index (χ2v) is 4.24. The first-order valence-corrected chi connectivity index (χ1v) is 5.14. The molecule has 1 heterocycles. The van der Waals surface area contributed by atoms with E-state index in [1.165, 1.54) is 13.0 Å². The van der Waals surface area contributed by atoms with Crippen LogP contribution in [0.1, 0.15) is 20.3 Å². The van der Waals surface area contributed by atoms with Gasteiger partial charge in [0, 0.05) is 26.2 Å². The molecule has 1 aliphatic rings. The van der Waals surface area contributed by atoms with E-state index < -0.39 is 0 Å². The molecule has 0 bridgehead atoms. The van der Waals surface area contributed by atoms with Gasteiger partial charge in [-0.2, -0.15) is 0 Å². The van der Waals surface area contributed by atoms with Gasteiger partial charge in [-0.15, -0.1) is 0 Å². The molecule has 1 aliphatic heterocycles. The van der Waals surface area contributed by atoms with Gasteiger partial charge < -0.3 is 10.5 Å². The van der Waals surface area contributed by atoms with E-state index >= 15 is 0 Å². The fraction of sp³-hybridized carbons (Fsp3) is 1.00. The minimum absolute atomic E-state index is 0.320. The number of likely N-dealkylation sites (tertiary alicyclic amines) is 1. The molecule has 1 rings (SSSR count). The molecule has 13 heavy (non-hydrogen) atoms. The zero-order valence-corrected chi connectivity index (χ0v) is 8.99. The Kier molecular flexibility index (Phi) is 4.16. The van der Waals surface area contributed by atoms with Gasteiger partial charge in [-0.05, 0) is 25.8 Å². The van der Waals surface area contributed by atoms with Crippen molar-refractivity contribution in [2.75, 3.05) is 26.7 Å². The maximum atomic E-state index is 6.00. The average Bonchev–Trinajstić information content (AvgIpc) is 2.11. The standard InChI is InChI=1S/C10H22N2O/c1-8-4-5-12(7-10(8)11)6-9(2)13-3/h8-10H,4-7,11H2,1-3H3. The number of nitrogens with two attached hydrogens (primary N) is 1. The van der Waals surface area contributed by atoms with E-state index in [4.69, 9.17) is 10.5 Å². The van der Waals surface area contributed by atoms with Crippen molar-refractivity contribution in [1.29, 1.82) is 0 Å². The van der Waals surface area contributed by atoms with Crippen molar-refractivity contribution in [3.8, 4) is 0 Å². The quantitative estimate of drug-likeness (QED) is 0.705. The number of methoxy groups -OCH3 is 1. The molecule has 2 N–H and O–H groups in total. The smallest absolute Gasteiger partial charge is 0.0670 e. The van der Waals surface area contributed by atoms with Crippen molar-refractivity contribution < 1.29 is 4.74 Å². The molecule has 0 amide bonds. The fourth-order valence-corrected chi connectivity index (χ4v) is 1.77. The van der Waals surface area contributed by atoms with Gasteiger partial charge in [-0.3, -0.25) is 4.90 Å². The molecule has 3 unspecified atom stereocenters. The Labute approximate surface area is 81.2 Å². The van der Waals surface area contributed by atoms with Gasteiger partial charge in [0.05, 0.1) is 6.10 Å². The molecule has 0 saturated carbocycles. The highest BCUT2D eigenvalue weighted by Gasteiger charge is 2.23. The molecule has 0 aromatic heterocycles. The second kappa shape index (κ2) is 4.94. The monoisotopic (exact) mass is 186 g/mol. The topological polar surface area (TPSA) is 38.5 Å². The first-order valence-electron chi connectivity index (χ1n) is 5.14. The predicted molar refractivity (Wildman–Crippen MR) is 54.7 cm³/mol. The van der Waals surface area contributed by atoms with E-state index in [0.717, 1.165) is 13.1 Å². The molecule has 0 radical (unpaired) electrons. The summed E-state index contributed by atoms with van der Waals surface area (Å²) in [5, 5.41) is 0. The third kappa shape index (κ3) is 3.25. The molecule has 0 aromatic carbocycles. The van der Waals surface area contributed by atoms with Crippen LogP contribution < -0.4 is 5.73 Å². The summed E-state index contributed by atoms with van der Waals surface area (Å²) in [6, 6.07) is 0.345. The van der Waals surface area contributed by atoms with Gasteiger partial charge in [0.15, 0.2) is 0 Å². The Hall–Kier alpha value is -0.120. The number of nitrogens with zero attached hydrogens (tertiary/aromatic N) is 1. The lowest BCUT2D eigenvalue weighted by Crippen LogP contribution is -2.49. The number of ether oxygens (including phenoxy) is 1. The second-order valence-electron chi connectivity index (χ2n) is 4.24. The molecule has 3 nitrogen and oxygen atoms in total. The molecule has 0 spiro atoms. The van der Waals surface area contributed by atoms with Crippen LogP contribution in [0.2, 0.25) is 0 Å². The molecule has 1 fully saturated rings. The summed E-state index contributed by atoms with van der Waals surface area (Å²) in [6.45, 7) is 7.54. The Morgan fingerprint density at radius 1 is 1.62 bits per heavy atom. The van der Waals surface area contributed by atoms with E-state index in [1.807, 2.05) is 0 Å². The van der Waals surface area contributed by atoms with Crippen molar-refractivity contribution >= 4 is 0 Å². The maximum Gasteiger partial charge on any atom is 0.0670 e. The third-order valence-corrected chi connectivity index (χ3v) is 3.02. The molecule has 0 aromatic rings. The highest BCUT2D eigenvalue weighted by Crippen LogP contribution is 2.15. The minimum atomic E-state index is 0.320. The maximum absolute atomic E-state index is 6.00. The first-order chi connectivity index (χ1) is 6.13. The van der Waals surface area contributed by atoms with E-state index in [-0.39, 0.29) is 0 Å². The minimum Gasteiger partial charge on any atom is -0.380 e. The molecule has 0 aliphatic carbocycles. The van der Waals surface area contributed by atoms with E-state index in [2.05, 4.69) is 18.7 Å². The summed E-state index contributed by atoms with van der Waals surface area (Å²) in [6.07, 6.45) is 1.54. The zero-order valence-electron chi connectivity index (χ0n) is 8.99. The van der Waals surface area contributed by atoms with Crippen LogP contribution in [0.3, 0.4) is 0 Å². The van der Waals surface area contributed by atoms with Crippen molar-refractivity contribution in [1.82, 2.24) is 4.90 Å². The van der Waals surface area contributed by atoms with Crippen molar-refractivity contribution in [3.05, 3.63) is 0 Å². The molecule has 1 saturated heterocycles. The lowest BCUT2D eigenvalue weighted by Gasteiger charge is -2.36. The van der Waals surface area contributed by atoms with E-state index in [1.54, 1.807) is 7.11 Å². The SMILES string of the molecule is COC(C)CN1CCC(C)C(N)C1. The van der Waals surface area contributed by atoms with Crippen LogP contribution in [0.4, 0.5) is 0 Å². The number of hydrogen-bond acceptors (Lipinski definition) is 3. The zero-order chi connectivity index (χ0) is 9.84. The van der Waals surface area contributed by atoms with E-state index in [9.17, 15) is 0 Å². The number of rotatable bonds is 3. The predicted octanol–water partition coefficient (Wildman–Crippen LogP) is 0.690. The highest BCUT2D eigenvalue weighted by atomic mass is 16.5. The van der Waals surface area contributed by atoms with Crippen LogP contribution in [0.25, 0.3) is 0 Å². The number of hydrogen-bond donors (Lipinski definition) is 1. The Morgan fingerprint density at radius 3 is 2.85 bits per heavy atom. The molecule has 3 heteroatoms. The summed E-state index contributed by atoms with van der Waals surface area (Å²) < 4.78 is 5.23.